The largest absolute Gasteiger partial charge is 0.349 e. The Hall–Kier alpha value is -2.76. The highest BCUT2D eigenvalue weighted by atomic mass is 16.2. The van der Waals surface area contributed by atoms with Crippen molar-refractivity contribution in [3.8, 4) is 0 Å². The van der Waals surface area contributed by atoms with Crippen molar-refractivity contribution < 1.29 is 4.79 Å². The molecule has 6 nitrogen and oxygen atoms in total. The van der Waals surface area contributed by atoms with Gasteiger partial charge in [0.2, 0.25) is 5.82 Å². The summed E-state index contributed by atoms with van der Waals surface area (Å²) < 4.78 is 1.59. The van der Waals surface area contributed by atoms with E-state index in [2.05, 4.69) is 39.4 Å². The van der Waals surface area contributed by atoms with Gasteiger partial charge in [0.05, 0.1) is 0 Å². The molecule has 3 rings (SSSR count). The minimum Gasteiger partial charge on any atom is -0.349 e. The second-order valence-corrected chi connectivity index (χ2v) is 5.91. The molecule has 2 aromatic heterocycles. The Balaban J connectivity index is 1.74. The van der Waals surface area contributed by atoms with Crippen LogP contribution in [0, 0.1) is 13.8 Å². The van der Waals surface area contributed by atoms with E-state index in [9.17, 15) is 4.79 Å². The van der Waals surface area contributed by atoms with Crippen LogP contribution in [0.25, 0.3) is 5.78 Å². The van der Waals surface area contributed by atoms with Crippen LogP contribution in [0.2, 0.25) is 0 Å². The highest BCUT2D eigenvalue weighted by molar-refractivity contribution is 5.90. The summed E-state index contributed by atoms with van der Waals surface area (Å²) in [4.78, 5) is 20.9. The van der Waals surface area contributed by atoms with E-state index in [1.54, 1.807) is 4.52 Å². The predicted molar refractivity (Wildman–Crippen MR) is 92.1 cm³/mol. The lowest BCUT2D eigenvalue weighted by atomic mass is 9.96. The normalized spacial score (nSPS) is 12.3. The summed E-state index contributed by atoms with van der Waals surface area (Å²) in [5, 5.41) is 7.20. The topological polar surface area (TPSA) is 72.2 Å². The van der Waals surface area contributed by atoms with E-state index in [0.29, 0.717) is 12.3 Å². The smallest absolute Gasteiger partial charge is 0.291 e. The molecule has 0 saturated carbocycles. The molecule has 1 atom stereocenters. The molecule has 0 aliphatic heterocycles. The molecule has 0 spiro atoms. The van der Waals surface area contributed by atoms with Gasteiger partial charge in [-0.3, -0.25) is 4.79 Å². The zero-order valence-corrected chi connectivity index (χ0v) is 14.2. The molecule has 2 heterocycles. The second-order valence-electron chi connectivity index (χ2n) is 5.91. The van der Waals surface area contributed by atoms with E-state index >= 15 is 0 Å². The van der Waals surface area contributed by atoms with Crippen LogP contribution in [0.5, 0.6) is 0 Å². The van der Waals surface area contributed by atoms with Gasteiger partial charge < -0.3 is 5.32 Å². The lowest BCUT2D eigenvalue weighted by Crippen LogP contribution is -2.29. The van der Waals surface area contributed by atoms with Crippen LogP contribution in [0.1, 0.15) is 46.8 Å². The van der Waals surface area contributed by atoms with Crippen molar-refractivity contribution >= 4 is 11.7 Å². The summed E-state index contributed by atoms with van der Waals surface area (Å²) in [6.45, 7) is 6.48. The molecule has 1 N–H and O–H groups in total. The third-order valence-electron chi connectivity index (χ3n) is 4.09. The maximum absolute atomic E-state index is 12.4. The number of carbonyl (C=O) groups is 1. The Labute approximate surface area is 141 Å². The van der Waals surface area contributed by atoms with Crippen molar-refractivity contribution in [1.29, 1.82) is 0 Å². The lowest BCUT2D eigenvalue weighted by molar-refractivity contribution is 0.0940. The van der Waals surface area contributed by atoms with Crippen LogP contribution in [0.15, 0.2) is 36.4 Å². The van der Waals surface area contributed by atoms with Crippen molar-refractivity contribution in [3.05, 3.63) is 59.2 Å². The van der Waals surface area contributed by atoms with Gasteiger partial charge in [0.15, 0.2) is 0 Å². The molecule has 1 aromatic carbocycles. The first-order chi connectivity index (χ1) is 11.6. The van der Waals surface area contributed by atoms with Crippen molar-refractivity contribution in [1.82, 2.24) is 24.9 Å². The Morgan fingerprint density at radius 1 is 1.21 bits per heavy atom. The fourth-order valence-electron chi connectivity index (χ4n) is 2.78. The second kappa shape index (κ2) is 6.78. The summed E-state index contributed by atoms with van der Waals surface area (Å²) in [5.74, 6) is 0.605. The van der Waals surface area contributed by atoms with E-state index < -0.39 is 0 Å². The maximum Gasteiger partial charge on any atom is 0.291 e. The summed E-state index contributed by atoms with van der Waals surface area (Å²) in [7, 11) is 0. The number of carbonyl (C=O) groups excluding carboxylic acids is 1. The first-order valence-electron chi connectivity index (χ1n) is 8.12. The molecule has 0 saturated heterocycles. The maximum atomic E-state index is 12.4. The standard InChI is InChI=1S/C18H21N5O/c1-4-14(15-8-6-5-7-9-15)11-19-17(24)16-21-18-20-12(2)10-13(3)23(18)22-16/h5-10,14H,4,11H2,1-3H3,(H,19,24). The predicted octanol–water partition coefficient (Wildman–Crippen LogP) is 2.66. The van der Waals surface area contributed by atoms with Crippen molar-refractivity contribution in [3.63, 3.8) is 0 Å². The fourth-order valence-corrected chi connectivity index (χ4v) is 2.78. The van der Waals surface area contributed by atoms with Gasteiger partial charge in [-0.25, -0.2) is 9.50 Å². The number of nitrogens with one attached hydrogen (secondary N) is 1. The van der Waals surface area contributed by atoms with E-state index in [0.717, 1.165) is 17.8 Å². The highest BCUT2D eigenvalue weighted by Gasteiger charge is 2.17. The van der Waals surface area contributed by atoms with Crippen LogP contribution in [-0.2, 0) is 0 Å². The van der Waals surface area contributed by atoms with Gasteiger partial charge in [-0.2, -0.15) is 4.98 Å². The number of fused-ring (bicyclic) bond motifs is 1. The molecule has 3 aromatic rings. The number of aryl methyl sites for hydroxylation is 2. The molecule has 124 valence electrons. The highest BCUT2D eigenvalue weighted by Crippen LogP contribution is 2.18. The van der Waals surface area contributed by atoms with E-state index in [4.69, 9.17) is 0 Å². The van der Waals surface area contributed by atoms with Gasteiger partial charge in [0.25, 0.3) is 11.7 Å². The minimum absolute atomic E-state index is 0.152. The zero-order chi connectivity index (χ0) is 17.1. The molecule has 6 heteroatoms. The SMILES string of the molecule is CCC(CNC(=O)c1nc2nc(C)cc(C)n2n1)c1ccccc1. The van der Waals surface area contributed by atoms with Crippen molar-refractivity contribution in [2.75, 3.05) is 6.54 Å². The van der Waals surface area contributed by atoms with Gasteiger partial charge in [-0.15, -0.1) is 5.10 Å². The number of rotatable bonds is 5. The van der Waals surface area contributed by atoms with E-state index in [1.807, 2.05) is 38.1 Å². The molecular weight excluding hydrogens is 302 g/mol. The molecule has 0 fully saturated rings. The van der Waals surface area contributed by atoms with Crippen LogP contribution < -0.4 is 5.32 Å². The number of aromatic nitrogens is 4. The number of hydrogen-bond donors (Lipinski definition) is 1. The number of nitrogens with zero attached hydrogens (tertiary/aromatic N) is 4. The number of amides is 1. The average molecular weight is 323 g/mol. The summed E-state index contributed by atoms with van der Waals surface area (Å²) in [6, 6.07) is 12.1. The van der Waals surface area contributed by atoms with Crippen molar-refractivity contribution in [2.45, 2.75) is 33.1 Å². The Morgan fingerprint density at radius 3 is 2.67 bits per heavy atom. The van der Waals surface area contributed by atoms with Crippen molar-refractivity contribution in [2.24, 2.45) is 0 Å². The fraction of sp³-hybridized carbons (Fsp3) is 0.333. The lowest BCUT2D eigenvalue weighted by Gasteiger charge is -2.15. The monoisotopic (exact) mass is 323 g/mol. The third-order valence-corrected chi connectivity index (χ3v) is 4.09. The molecule has 1 unspecified atom stereocenters. The molecule has 0 aliphatic carbocycles. The summed E-state index contributed by atoms with van der Waals surface area (Å²) >= 11 is 0. The Morgan fingerprint density at radius 2 is 1.96 bits per heavy atom. The van der Waals surface area contributed by atoms with Crippen LogP contribution in [0.3, 0.4) is 0 Å². The Kier molecular flexibility index (Phi) is 4.55. The van der Waals surface area contributed by atoms with Crippen LogP contribution in [-0.4, -0.2) is 32.0 Å². The zero-order valence-electron chi connectivity index (χ0n) is 14.2. The van der Waals surface area contributed by atoms with E-state index in [1.165, 1.54) is 5.56 Å². The summed E-state index contributed by atoms with van der Waals surface area (Å²) in [6.07, 6.45) is 0.947. The Bertz CT molecular complexity index is 856. The van der Waals surface area contributed by atoms with Gasteiger partial charge >= 0.3 is 0 Å². The molecule has 24 heavy (non-hydrogen) atoms. The van der Waals surface area contributed by atoms with Crippen LogP contribution >= 0.6 is 0 Å². The molecule has 1 amide bonds. The number of benzene rings is 1. The summed E-state index contributed by atoms with van der Waals surface area (Å²) in [5.41, 5.74) is 2.98. The van der Waals surface area contributed by atoms with Gasteiger partial charge in [0.1, 0.15) is 0 Å². The van der Waals surface area contributed by atoms with Gasteiger partial charge in [-0.05, 0) is 31.9 Å². The van der Waals surface area contributed by atoms with Gasteiger partial charge in [0, 0.05) is 23.9 Å². The first-order valence-corrected chi connectivity index (χ1v) is 8.12. The first kappa shape index (κ1) is 16.1. The van der Waals surface area contributed by atoms with Crippen LogP contribution in [0.4, 0.5) is 0 Å². The third kappa shape index (κ3) is 3.27. The number of hydrogen-bond acceptors (Lipinski definition) is 4. The van der Waals surface area contributed by atoms with E-state index in [-0.39, 0.29) is 17.6 Å². The van der Waals surface area contributed by atoms with Gasteiger partial charge in [-0.1, -0.05) is 37.3 Å². The minimum atomic E-state index is -0.271. The molecule has 0 radical (unpaired) electrons. The average Bonchev–Trinajstić information content (AvgIpc) is 3.00. The molecule has 0 aliphatic rings. The molecule has 0 bridgehead atoms. The molecular formula is C18H21N5O. The quantitative estimate of drug-likeness (QED) is 0.783.